The summed E-state index contributed by atoms with van der Waals surface area (Å²) in [5.74, 6) is 0.812. The highest BCUT2D eigenvalue weighted by atomic mass is 16.5. The molecule has 2 aromatic carbocycles. The molecular weight excluding hydrogens is 414 g/mol. The van der Waals surface area contributed by atoms with Crippen molar-refractivity contribution in [2.75, 3.05) is 34.3 Å². The van der Waals surface area contributed by atoms with E-state index in [4.69, 9.17) is 4.74 Å². The minimum Gasteiger partial charge on any atom is -0.497 e. The van der Waals surface area contributed by atoms with E-state index in [-0.39, 0.29) is 17.1 Å². The molecule has 1 N–H and O–H groups in total. The number of β-amino-alcohol motifs (C(OH)–C–C–N with tert-alkyl or cyclic N) is 1. The highest BCUT2D eigenvalue weighted by Crippen LogP contribution is 2.49. The fraction of sp³-hybridized carbons (Fsp3) is 0.519. The monoisotopic (exact) mass is 451 g/mol. The lowest BCUT2D eigenvalue weighted by Gasteiger charge is -2.51. The van der Waals surface area contributed by atoms with Gasteiger partial charge in [0, 0.05) is 25.2 Å². The summed E-state index contributed by atoms with van der Waals surface area (Å²) in [4.78, 5) is 19.8. The van der Waals surface area contributed by atoms with E-state index in [0.717, 1.165) is 37.0 Å². The van der Waals surface area contributed by atoms with Crippen LogP contribution in [-0.2, 0) is 12.1 Å². The predicted octanol–water partition coefficient (Wildman–Crippen LogP) is 4.08. The van der Waals surface area contributed by atoms with E-state index in [1.165, 1.54) is 5.56 Å². The average molecular weight is 452 g/mol. The molecule has 0 aromatic heterocycles. The second kappa shape index (κ2) is 9.35. The molecule has 2 aliphatic rings. The molecule has 1 atom stereocenters. The molecule has 4 rings (SSSR count). The molecule has 1 aliphatic carbocycles. The van der Waals surface area contributed by atoms with Gasteiger partial charge in [-0.25, -0.2) is 4.79 Å². The zero-order chi connectivity index (χ0) is 23.6. The Morgan fingerprint density at radius 3 is 2.21 bits per heavy atom. The van der Waals surface area contributed by atoms with Gasteiger partial charge in [0.05, 0.1) is 18.8 Å². The molecule has 1 spiro atoms. The number of ether oxygens (including phenoxy) is 1. The summed E-state index contributed by atoms with van der Waals surface area (Å²) in [7, 11) is 5.98. The van der Waals surface area contributed by atoms with Crippen molar-refractivity contribution in [2.45, 2.75) is 56.3 Å². The van der Waals surface area contributed by atoms with Gasteiger partial charge in [0.2, 0.25) is 0 Å². The zero-order valence-electron chi connectivity index (χ0n) is 20.3. The van der Waals surface area contributed by atoms with Crippen molar-refractivity contribution in [1.29, 1.82) is 0 Å². The van der Waals surface area contributed by atoms with Crippen LogP contribution in [0.25, 0.3) is 0 Å². The van der Waals surface area contributed by atoms with E-state index < -0.39 is 6.10 Å². The van der Waals surface area contributed by atoms with E-state index in [1.807, 2.05) is 34.1 Å². The van der Waals surface area contributed by atoms with Crippen molar-refractivity contribution in [2.24, 2.45) is 0 Å². The number of aliphatic hydroxyl groups is 1. The van der Waals surface area contributed by atoms with Gasteiger partial charge in [-0.15, -0.1) is 0 Å². The molecule has 2 fully saturated rings. The van der Waals surface area contributed by atoms with Gasteiger partial charge in [0.15, 0.2) is 0 Å². The Bertz CT molecular complexity index is 935. The molecule has 1 aliphatic heterocycles. The van der Waals surface area contributed by atoms with Gasteiger partial charge in [-0.05, 0) is 70.0 Å². The summed E-state index contributed by atoms with van der Waals surface area (Å²) in [6.45, 7) is 3.41. The van der Waals surface area contributed by atoms with Gasteiger partial charge in [0.1, 0.15) is 5.75 Å². The second-order valence-electron chi connectivity index (χ2n) is 9.96. The second-order valence-corrected chi connectivity index (χ2v) is 9.96. The fourth-order valence-electron chi connectivity index (χ4n) is 5.79. The lowest BCUT2D eigenvalue weighted by atomic mass is 9.68. The number of hydrogen-bond acceptors (Lipinski definition) is 4. The lowest BCUT2D eigenvalue weighted by Crippen LogP contribution is -2.56. The van der Waals surface area contributed by atoms with Crippen molar-refractivity contribution in [1.82, 2.24) is 14.7 Å². The summed E-state index contributed by atoms with van der Waals surface area (Å²) in [6.07, 6.45) is 3.23. The SMILES string of the molecule is COc1ccc(CN2C[C@]3(CC[C@@](c4ccccc4)(N(C)C)CC3)N(C[C@H](C)O)C2=O)cc1. The van der Waals surface area contributed by atoms with E-state index in [1.54, 1.807) is 14.0 Å². The number of hydrogen-bond donors (Lipinski definition) is 1. The quantitative estimate of drug-likeness (QED) is 0.689. The minimum absolute atomic E-state index is 0.0313. The van der Waals surface area contributed by atoms with Gasteiger partial charge in [-0.1, -0.05) is 42.5 Å². The van der Waals surface area contributed by atoms with Gasteiger partial charge < -0.3 is 19.6 Å². The summed E-state index contributed by atoms with van der Waals surface area (Å²) in [5, 5.41) is 10.2. The molecule has 1 heterocycles. The summed E-state index contributed by atoms with van der Waals surface area (Å²) >= 11 is 0. The molecule has 1 saturated heterocycles. The van der Waals surface area contributed by atoms with E-state index >= 15 is 0 Å². The standard InChI is InChI=1S/C27H37N3O3/c1-21(31)18-30-25(32)29(19-22-10-12-24(33-4)13-11-22)20-26(30)14-16-27(17-15-26,28(2)3)23-8-6-5-7-9-23/h5-13,21,31H,14-20H2,1-4H3/t21-,26-,27-/m0/s1. The Labute approximate surface area is 197 Å². The topological polar surface area (TPSA) is 56.3 Å². The summed E-state index contributed by atoms with van der Waals surface area (Å²) < 4.78 is 5.27. The van der Waals surface area contributed by atoms with Gasteiger partial charge in [0.25, 0.3) is 0 Å². The number of benzene rings is 2. The van der Waals surface area contributed by atoms with Crippen LogP contribution in [0, 0.1) is 0 Å². The Kier molecular flexibility index (Phi) is 6.68. The van der Waals surface area contributed by atoms with Crippen LogP contribution in [0.15, 0.2) is 54.6 Å². The molecule has 0 radical (unpaired) electrons. The molecule has 0 bridgehead atoms. The van der Waals surface area contributed by atoms with Crippen LogP contribution in [0.1, 0.15) is 43.7 Å². The Balaban J connectivity index is 1.57. The third-order valence-corrected chi connectivity index (χ3v) is 7.71. The van der Waals surface area contributed by atoms with Crippen molar-refractivity contribution in [3.63, 3.8) is 0 Å². The van der Waals surface area contributed by atoms with Crippen molar-refractivity contribution in [3.8, 4) is 5.75 Å². The number of aliphatic hydroxyl groups excluding tert-OH is 1. The molecule has 1 saturated carbocycles. The first kappa shape index (κ1) is 23.6. The lowest BCUT2D eigenvalue weighted by molar-refractivity contribution is 0.0119. The maximum atomic E-state index is 13.5. The number of urea groups is 1. The predicted molar refractivity (Wildman–Crippen MR) is 130 cm³/mol. The first-order valence-corrected chi connectivity index (χ1v) is 11.9. The first-order valence-electron chi connectivity index (χ1n) is 11.9. The highest BCUT2D eigenvalue weighted by molar-refractivity contribution is 5.78. The number of carbonyl (C=O) groups is 1. The summed E-state index contributed by atoms with van der Waals surface area (Å²) in [6, 6.07) is 18.7. The molecular formula is C27H37N3O3. The fourth-order valence-corrected chi connectivity index (χ4v) is 5.79. The molecule has 33 heavy (non-hydrogen) atoms. The molecule has 0 unspecified atom stereocenters. The van der Waals surface area contributed by atoms with Crippen LogP contribution in [0.3, 0.4) is 0 Å². The van der Waals surface area contributed by atoms with Crippen LogP contribution in [0.2, 0.25) is 0 Å². The van der Waals surface area contributed by atoms with Crippen LogP contribution >= 0.6 is 0 Å². The number of carbonyl (C=O) groups excluding carboxylic acids is 1. The number of amides is 2. The molecule has 2 amide bonds. The number of rotatable bonds is 7. The van der Waals surface area contributed by atoms with Gasteiger partial charge >= 0.3 is 6.03 Å². The van der Waals surface area contributed by atoms with E-state index in [2.05, 4.69) is 49.3 Å². The molecule has 6 heteroatoms. The Morgan fingerprint density at radius 1 is 1.03 bits per heavy atom. The zero-order valence-corrected chi connectivity index (χ0v) is 20.3. The third-order valence-electron chi connectivity index (χ3n) is 7.71. The maximum Gasteiger partial charge on any atom is 0.321 e. The summed E-state index contributed by atoms with van der Waals surface area (Å²) in [5.41, 5.74) is 2.15. The highest BCUT2D eigenvalue weighted by Gasteiger charge is 2.54. The average Bonchev–Trinajstić information content (AvgIpc) is 3.05. The van der Waals surface area contributed by atoms with Crippen LogP contribution in [-0.4, -0.2) is 71.8 Å². The van der Waals surface area contributed by atoms with Crippen LogP contribution in [0.4, 0.5) is 4.79 Å². The Hall–Kier alpha value is -2.57. The van der Waals surface area contributed by atoms with E-state index in [9.17, 15) is 9.90 Å². The van der Waals surface area contributed by atoms with Crippen molar-refractivity contribution in [3.05, 3.63) is 65.7 Å². The molecule has 6 nitrogen and oxygen atoms in total. The molecule has 2 aromatic rings. The number of methoxy groups -OCH3 is 1. The smallest absolute Gasteiger partial charge is 0.321 e. The van der Waals surface area contributed by atoms with Crippen LogP contribution < -0.4 is 4.74 Å². The normalized spacial score (nSPS) is 26.3. The van der Waals surface area contributed by atoms with E-state index in [0.29, 0.717) is 19.6 Å². The minimum atomic E-state index is -0.554. The van der Waals surface area contributed by atoms with Gasteiger partial charge in [-0.2, -0.15) is 0 Å². The van der Waals surface area contributed by atoms with Gasteiger partial charge in [-0.3, -0.25) is 4.90 Å². The third kappa shape index (κ3) is 4.46. The Morgan fingerprint density at radius 2 is 1.67 bits per heavy atom. The first-order chi connectivity index (χ1) is 15.8. The largest absolute Gasteiger partial charge is 0.497 e. The van der Waals surface area contributed by atoms with Crippen LogP contribution in [0.5, 0.6) is 5.75 Å². The number of nitrogens with zero attached hydrogens (tertiary/aromatic N) is 3. The van der Waals surface area contributed by atoms with Crippen molar-refractivity contribution < 1.29 is 14.6 Å². The van der Waals surface area contributed by atoms with Crippen molar-refractivity contribution >= 4 is 6.03 Å². The molecule has 178 valence electrons. The maximum absolute atomic E-state index is 13.5.